The van der Waals surface area contributed by atoms with Gasteiger partial charge in [0.15, 0.2) is 0 Å². The van der Waals surface area contributed by atoms with Gasteiger partial charge in [-0.2, -0.15) is 15.2 Å². The van der Waals surface area contributed by atoms with Crippen molar-refractivity contribution in [2.24, 2.45) is 5.41 Å². The molecule has 5 heterocycles. The summed E-state index contributed by atoms with van der Waals surface area (Å²) in [5, 5.41) is 12.4. The summed E-state index contributed by atoms with van der Waals surface area (Å²) in [7, 11) is 2.14. The number of likely N-dealkylation sites (N-methyl/N-ethyl adjacent to an activating group) is 1. The molecular weight excluding hydrogens is 849 g/mol. The SMILES string of the molecule is CN1CCC[C@H]1COc1nc2c(c(N3CCN(C(=O)C4C[N@@]4C(c4ccccc4)(c4ccccc4)c4ccccc4)[C@@H](CC#N)C3)n1)CCN(c1cc(OC(=O)C(C)(C)C)cc3ccccc13)C2. The number of benzene rings is 5. The van der Waals surface area contributed by atoms with Crippen molar-refractivity contribution in [2.75, 3.05) is 62.7 Å². The van der Waals surface area contributed by atoms with Crippen LogP contribution in [-0.4, -0.2) is 108 Å². The Morgan fingerprint density at radius 3 is 2.06 bits per heavy atom. The number of fused-ring (bicyclic) bond motifs is 2. The fourth-order valence-corrected chi connectivity index (χ4v) is 10.7. The minimum atomic E-state index is -0.696. The summed E-state index contributed by atoms with van der Waals surface area (Å²) in [6.07, 6.45) is 3.04. The van der Waals surface area contributed by atoms with Gasteiger partial charge in [-0.25, -0.2) is 0 Å². The molecule has 0 saturated carbocycles. The minimum Gasteiger partial charge on any atom is -0.462 e. The lowest BCUT2D eigenvalue weighted by Gasteiger charge is -2.43. The number of amides is 1. The molecule has 0 spiro atoms. The Kier molecular flexibility index (Phi) is 12.4. The number of aromatic nitrogens is 2. The van der Waals surface area contributed by atoms with Crippen molar-refractivity contribution in [3.63, 3.8) is 0 Å². The topological polar surface area (TPSA) is 118 Å². The molecule has 348 valence electrons. The van der Waals surface area contributed by atoms with E-state index >= 15 is 4.79 Å². The number of esters is 1. The number of nitriles is 1. The van der Waals surface area contributed by atoms with Crippen molar-refractivity contribution >= 4 is 34.2 Å². The Morgan fingerprint density at radius 1 is 0.765 bits per heavy atom. The highest BCUT2D eigenvalue weighted by atomic mass is 16.5. The largest absolute Gasteiger partial charge is 0.462 e. The Balaban J connectivity index is 0.952. The molecule has 5 aromatic carbocycles. The maximum Gasteiger partial charge on any atom is 0.318 e. The Labute approximate surface area is 399 Å². The molecule has 10 rings (SSSR count). The van der Waals surface area contributed by atoms with Gasteiger partial charge in [0.25, 0.3) is 0 Å². The quantitative estimate of drug-likeness (QED) is 0.0512. The van der Waals surface area contributed by atoms with Gasteiger partial charge in [0.2, 0.25) is 5.91 Å². The molecule has 68 heavy (non-hydrogen) atoms. The van der Waals surface area contributed by atoms with Crippen LogP contribution in [0, 0.1) is 16.7 Å². The maximum atomic E-state index is 15.0. The lowest BCUT2D eigenvalue weighted by Crippen LogP contribution is -2.57. The molecule has 1 aromatic heterocycles. The summed E-state index contributed by atoms with van der Waals surface area (Å²) in [4.78, 5) is 49.6. The minimum absolute atomic E-state index is 0.0461. The van der Waals surface area contributed by atoms with Crippen LogP contribution in [0.1, 0.15) is 68.0 Å². The number of ether oxygens (including phenoxy) is 2. The summed E-state index contributed by atoms with van der Waals surface area (Å²) < 4.78 is 12.5. The van der Waals surface area contributed by atoms with Gasteiger partial charge >= 0.3 is 12.0 Å². The number of anilines is 2. The zero-order valence-corrected chi connectivity index (χ0v) is 39.6. The number of carbonyl (C=O) groups excluding carboxylic acids is 2. The molecule has 1 amide bonds. The zero-order valence-electron chi connectivity index (χ0n) is 39.6. The van der Waals surface area contributed by atoms with Crippen molar-refractivity contribution in [1.82, 2.24) is 24.7 Å². The average molecular weight is 909 g/mol. The van der Waals surface area contributed by atoms with Gasteiger partial charge in [-0.05, 0) is 81.8 Å². The van der Waals surface area contributed by atoms with E-state index in [1.165, 1.54) is 0 Å². The number of carbonyl (C=O) groups is 2. The van der Waals surface area contributed by atoms with Gasteiger partial charge in [-0.3, -0.25) is 14.5 Å². The first-order chi connectivity index (χ1) is 33.0. The van der Waals surface area contributed by atoms with Crippen LogP contribution in [0.15, 0.2) is 127 Å². The van der Waals surface area contributed by atoms with E-state index in [0.29, 0.717) is 64.1 Å². The zero-order chi connectivity index (χ0) is 47.0. The summed E-state index contributed by atoms with van der Waals surface area (Å²) in [6.45, 7) is 10.3. The predicted molar refractivity (Wildman–Crippen MR) is 265 cm³/mol. The molecule has 4 aliphatic heterocycles. The van der Waals surface area contributed by atoms with Crippen molar-refractivity contribution < 1.29 is 19.1 Å². The van der Waals surface area contributed by atoms with Crippen molar-refractivity contribution in [3.05, 3.63) is 155 Å². The third-order valence-electron chi connectivity index (χ3n) is 14.4. The van der Waals surface area contributed by atoms with E-state index < -0.39 is 11.0 Å². The molecule has 0 radical (unpaired) electrons. The van der Waals surface area contributed by atoms with Gasteiger partial charge in [-0.1, -0.05) is 115 Å². The Hall–Kier alpha value is -6.81. The highest BCUT2D eigenvalue weighted by Gasteiger charge is 2.57. The molecular formula is C56H60N8O4. The van der Waals surface area contributed by atoms with Crippen LogP contribution in [0.25, 0.3) is 10.8 Å². The van der Waals surface area contributed by atoms with Crippen LogP contribution in [0.2, 0.25) is 0 Å². The van der Waals surface area contributed by atoms with Crippen molar-refractivity contribution in [1.29, 1.82) is 5.26 Å². The van der Waals surface area contributed by atoms with Crippen molar-refractivity contribution in [2.45, 2.75) is 76.7 Å². The second-order valence-corrected chi connectivity index (χ2v) is 19.8. The highest BCUT2D eigenvalue weighted by molar-refractivity contribution is 5.96. The summed E-state index contributed by atoms with van der Waals surface area (Å²) >= 11 is 0. The van der Waals surface area contributed by atoms with Gasteiger partial charge in [0, 0.05) is 61.5 Å². The molecule has 0 aliphatic carbocycles. The number of likely N-dealkylation sites (tertiary alicyclic amines) is 1. The molecule has 4 atom stereocenters. The maximum absolute atomic E-state index is 15.0. The van der Waals surface area contributed by atoms with E-state index in [1.54, 1.807) is 0 Å². The molecule has 12 heteroatoms. The molecule has 3 saturated heterocycles. The van der Waals surface area contributed by atoms with E-state index in [0.717, 1.165) is 69.6 Å². The lowest BCUT2D eigenvalue weighted by molar-refractivity contribution is -0.143. The number of nitrogens with zero attached hydrogens (tertiary/aromatic N) is 8. The van der Waals surface area contributed by atoms with Crippen LogP contribution in [-0.2, 0) is 28.1 Å². The summed E-state index contributed by atoms with van der Waals surface area (Å²) in [5.74, 6) is 1.07. The first-order valence-electron chi connectivity index (χ1n) is 24.1. The molecule has 6 aromatic rings. The normalized spacial score (nSPS) is 20.7. The molecule has 0 N–H and O–H groups in total. The van der Waals surface area contributed by atoms with Gasteiger partial charge in [0.05, 0.1) is 41.7 Å². The van der Waals surface area contributed by atoms with Gasteiger partial charge in [0.1, 0.15) is 24.2 Å². The van der Waals surface area contributed by atoms with E-state index in [2.05, 4.69) is 112 Å². The van der Waals surface area contributed by atoms with Crippen LogP contribution in [0.4, 0.5) is 11.5 Å². The fraction of sp³-hybridized carbons (Fsp3) is 0.375. The van der Waals surface area contributed by atoms with E-state index in [-0.39, 0.29) is 36.4 Å². The van der Waals surface area contributed by atoms with Crippen LogP contribution >= 0.6 is 0 Å². The number of piperazine rings is 1. The molecule has 1 unspecified atom stereocenters. The fourth-order valence-electron chi connectivity index (χ4n) is 10.7. The second kappa shape index (κ2) is 18.7. The van der Waals surface area contributed by atoms with E-state index in [1.807, 2.05) is 74.2 Å². The molecule has 0 bridgehead atoms. The number of hydrogen-bond donors (Lipinski definition) is 0. The highest BCUT2D eigenvalue weighted by Crippen LogP contribution is 2.49. The van der Waals surface area contributed by atoms with Crippen molar-refractivity contribution in [3.8, 4) is 17.8 Å². The smallest absolute Gasteiger partial charge is 0.318 e. The molecule has 4 aliphatic rings. The van der Waals surface area contributed by atoms with Crippen LogP contribution in [0.3, 0.4) is 0 Å². The first-order valence-corrected chi connectivity index (χ1v) is 24.1. The average Bonchev–Trinajstić information content (AvgIpc) is 4.05. The Morgan fingerprint density at radius 2 is 1.43 bits per heavy atom. The standard InChI is InChI=1S/C56H60N8O4/c1-55(2,3)53(66)68-45-33-39-17-14-15-25-46(39)49(34-45)61-30-27-47-48(36-61)58-54(67-38-44-24-16-29-60(44)4)59-51(47)62-31-32-63(43(35-62)26-28-57)52(65)50-37-64(50)56(40-18-8-5-9-19-40,41-20-10-6-11-21-41)42-22-12-7-13-23-42/h5-15,17-23,25,33-34,43-44,50H,16,24,26-27,29-32,35-38H2,1-4H3/t43-,44-,50?,64+/m0/s1. The number of hydrogen-bond acceptors (Lipinski definition) is 11. The van der Waals surface area contributed by atoms with Crippen LogP contribution < -0.4 is 19.3 Å². The Bertz CT molecular complexity index is 2730. The monoisotopic (exact) mass is 908 g/mol. The molecule has 3 fully saturated rings. The van der Waals surface area contributed by atoms with Crippen LogP contribution in [0.5, 0.6) is 11.8 Å². The number of rotatable bonds is 12. The van der Waals surface area contributed by atoms with E-state index in [4.69, 9.17) is 19.4 Å². The third-order valence-corrected chi connectivity index (χ3v) is 14.4. The first kappa shape index (κ1) is 45.0. The third kappa shape index (κ3) is 8.65. The van der Waals surface area contributed by atoms with Gasteiger partial charge in [-0.15, -0.1) is 0 Å². The summed E-state index contributed by atoms with van der Waals surface area (Å²) in [6, 6.07) is 45.9. The van der Waals surface area contributed by atoms with Gasteiger partial charge < -0.3 is 29.1 Å². The second-order valence-electron chi connectivity index (χ2n) is 19.8. The predicted octanol–water partition coefficient (Wildman–Crippen LogP) is 8.22. The lowest BCUT2D eigenvalue weighted by atomic mass is 9.76. The summed E-state index contributed by atoms with van der Waals surface area (Å²) in [5.41, 5.74) is 4.83. The van der Waals surface area contributed by atoms with E-state index in [9.17, 15) is 10.1 Å². The molecule has 12 nitrogen and oxygen atoms in total.